The van der Waals surface area contributed by atoms with Gasteiger partial charge in [-0.25, -0.2) is 4.98 Å². The zero-order valence-corrected chi connectivity index (χ0v) is 23.5. The number of nitrogens with zero attached hydrogens (tertiary/aromatic N) is 3. The Kier molecular flexibility index (Phi) is 7.65. The van der Waals surface area contributed by atoms with Gasteiger partial charge in [0.25, 0.3) is 5.91 Å². The number of aromatic nitrogens is 2. The molecule has 1 saturated heterocycles. The number of ether oxygens (including phenoxy) is 1. The first-order valence-electron chi connectivity index (χ1n) is 13.5. The Morgan fingerprint density at radius 3 is 2.49 bits per heavy atom. The van der Waals surface area contributed by atoms with Gasteiger partial charge in [0.15, 0.2) is 0 Å². The highest BCUT2D eigenvalue weighted by Crippen LogP contribution is 2.39. The van der Waals surface area contributed by atoms with E-state index in [-0.39, 0.29) is 12.1 Å². The smallest absolute Gasteiger partial charge is 0.274 e. The van der Waals surface area contributed by atoms with Crippen LogP contribution in [-0.4, -0.2) is 55.0 Å². The minimum Gasteiger partial charge on any atom is -0.481 e. The Labute approximate surface area is 243 Å². The number of methoxy groups -OCH3 is 1. The molecule has 0 atom stereocenters. The molecule has 1 fully saturated rings. The largest absolute Gasteiger partial charge is 0.481 e. The summed E-state index contributed by atoms with van der Waals surface area (Å²) in [5.41, 5.74) is 6.96. The second-order valence-electron chi connectivity index (χ2n) is 9.82. The molecule has 2 aliphatic rings. The SMILES string of the molecule is COc1nc(-c2cccc(-c3cccc(NC(=O)c4ccc(C5=NCCN5)cn4)c3C)c2Cl)ccc1C1NCCN1. The van der Waals surface area contributed by atoms with Gasteiger partial charge in [0.1, 0.15) is 11.5 Å². The van der Waals surface area contributed by atoms with Crippen molar-refractivity contribution in [1.82, 2.24) is 25.9 Å². The Balaban J connectivity index is 1.27. The molecular weight excluding hydrogens is 538 g/mol. The summed E-state index contributed by atoms with van der Waals surface area (Å²) in [6.45, 7) is 5.30. The predicted octanol–water partition coefficient (Wildman–Crippen LogP) is 4.57. The molecule has 0 unspecified atom stereocenters. The molecule has 1 amide bonds. The van der Waals surface area contributed by atoms with E-state index in [1.165, 1.54) is 0 Å². The van der Waals surface area contributed by atoms with Crippen molar-refractivity contribution in [3.63, 3.8) is 0 Å². The molecule has 2 aromatic heterocycles. The number of benzene rings is 2. The van der Waals surface area contributed by atoms with Crippen molar-refractivity contribution in [2.45, 2.75) is 13.1 Å². The molecule has 0 bridgehead atoms. The van der Waals surface area contributed by atoms with Crippen molar-refractivity contribution in [2.75, 3.05) is 38.6 Å². The Morgan fingerprint density at radius 2 is 1.76 bits per heavy atom. The Morgan fingerprint density at radius 1 is 0.976 bits per heavy atom. The molecule has 41 heavy (non-hydrogen) atoms. The van der Waals surface area contributed by atoms with Crippen LogP contribution in [0.5, 0.6) is 5.88 Å². The summed E-state index contributed by atoms with van der Waals surface area (Å²) in [5.74, 6) is 1.06. The molecule has 208 valence electrons. The lowest BCUT2D eigenvalue weighted by Gasteiger charge is -2.17. The number of hydrogen-bond acceptors (Lipinski definition) is 8. The minimum absolute atomic E-state index is 0.000695. The topological polar surface area (TPSA) is 113 Å². The number of carbonyl (C=O) groups is 1. The number of hydrogen-bond donors (Lipinski definition) is 4. The van der Waals surface area contributed by atoms with Crippen LogP contribution in [0.3, 0.4) is 0 Å². The van der Waals surface area contributed by atoms with Crippen LogP contribution in [0.25, 0.3) is 22.4 Å². The maximum Gasteiger partial charge on any atom is 0.274 e. The lowest BCUT2D eigenvalue weighted by molar-refractivity contribution is 0.102. The maximum absolute atomic E-state index is 13.1. The molecule has 2 aromatic carbocycles. The lowest BCUT2D eigenvalue weighted by atomic mass is 9.96. The first kappa shape index (κ1) is 26.9. The van der Waals surface area contributed by atoms with Gasteiger partial charge in [0, 0.05) is 53.8 Å². The molecule has 0 radical (unpaired) electrons. The van der Waals surface area contributed by atoms with Crippen LogP contribution in [0.2, 0.25) is 5.02 Å². The highest BCUT2D eigenvalue weighted by atomic mass is 35.5. The van der Waals surface area contributed by atoms with E-state index in [0.717, 1.165) is 65.4 Å². The quantitative estimate of drug-likeness (QED) is 0.259. The van der Waals surface area contributed by atoms with Crippen molar-refractivity contribution in [3.05, 3.63) is 94.3 Å². The van der Waals surface area contributed by atoms with Gasteiger partial charge >= 0.3 is 0 Å². The van der Waals surface area contributed by atoms with Crippen molar-refractivity contribution in [1.29, 1.82) is 0 Å². The zero-order valence-electron chi connectivity index (χ0n) is 22.8. The fraction of sp³-hybridized carbons (Fsp3) is 0.226. The van der Waals surface area contributed by atoms with Gasteiger partial charge in [-0.05, 0) is 48.4 Å². The van der Waals surface area contributed by atoms with Crippen LogP contribution in [0.15, 0.2) is 71.9 Å². The van der Waals surface area contributed by atoms with Gasteiger partial charge in [-0.15, -0.1) is 0 Å². The van der Waals surface area contributed by atoms with E-state index in [1.807, 2.05) is 61.5 Å². The van der Waals surface area contributed by atoms with Gasteiger partial charge in [-0.3, -0.25) is 25.4 Å². The van der Waals surface area contributed by atoms with E-state index < -0.39 is 0 Å². The summed E-state index contributed by atoms with van der Waals surface area (Å²) in [5, 5.41) is 13.6. The van der Waals surface area contributed by atoms with Crippen molar-refractivity contribution < 1.29 is 9.53 Å². The molecule has 4 heterocycles. The van der Waals surface area contributed by atoms with Gasteiger partial charge in [0.05, 0.1) is 30.5 Å². The third-order valence-electron chi connectivity index (χ3n) is 7.31. The molecule has 0 saturated carbocycles. The van der Waals surface area contributed by atoms with E-state index in [9.17, 15) is 4.79 Å². The number of halogens is 1. The summed E-state index contributed by atoms with van der Waals surface area (Å²) in [4.78, 5) is 26.6. The molecule has 0 aliphatic carbocycles. The second-order valence-corrected chi connectivity index (χ2v) is 10.2. The second kappa shape index (κ2) is 11.7. The number of aliphatic imine (C=N–C) groups is 1. The summed E-state index contributed by atoms with van der Waals surface area (Å²) < 4.78 is 5.63. The van der Waals surface area contributed by atoms with Crippen LogP contribution in [0.1, 0.15) is 33.3 Å². The molecule has 10 heteroatoms. The van der Waals surface area contributed by atoms with E-state index >= 15 is 0 Å². The number of nitrogens with one attached hydrogen (secondary N) is 4. The number of pyridine rings is 2. The van der Waals surface area contributed by atoms with Crippen LogP contribution >= 0.6 is 11.6 Å². The van der Waals surface area contributed by atoms with Crippen molar-refractivity contribution in [3.8, 4) is 28.3 Å². The molecule has 0 spiro atoms. The molecule has 4 N–H and O–H groups in total. The first-order valence-corrected chi connectivity index (χ1v) is 13.9. The standard InChI is InChI=1S/C31H30ClN7O2/c1-18-20(5-4-8-24(18)38-30(40)26-11-9-19(17-37-26)28-33-13-14-34-28)21-6-3-7-22(27(21)32)25-12-10-23(31(39-25)41-2)29-35-15-16-36-29/h3-12,17,29,35-36H,13-16H2,1-2H3,(H,33,34)(H,38,40). The normalized spacial score (nSPS) is 15.0. The Hall–Kier alpha value is -4.31. The lowest BCUT2D eigenvalue weighted by Crippen LogP contribution is -2.22. The van der Waals surface area contributed by atoms with Gasteiger partial charge < -0.3 is 15.4 Å². The van der Waals surface area contributed by atoms with E-state index in [1.54, 1.807) is 19.4 Å². The molecular formula is C31H30ClN7O2. The number of amides is 1. The monoisotopic (exact) mass is 567 g/mol. The zero-order chi connectivity index (χ0) is 28.3. The fourth-order valence-electron chi connectivity index (χ4n) is 5.16. The van der Waals surface area contributed by atoms with Crippen LogP contribution in [0, 0.1) is 6.92 Å². The maximum atomic E-state index is 13.1. The molecule has 2 aliphatic heterocycles. The summed E-state index contributed by atoms with van der Waals surface area (Å²) >= 11 is 7.02. The van der Waals surface area contributed by atoms with Crippen LogP contribution < -0.4 is 26.0 Å². The first-order chi connectivity index (χ1) is 20.0. The average Bonchev–Trinajstić information content (AvgIpc) is 3.74. The molecule has 6 rings (SSSR count). The van der Waals surface area contributed by atoms with Crippen LogP contribution in [0.4, 0.5) is 5.69 Å². The summed E-state index contributed by atoms with van der Waals surface area (Å²) in [6.07, 6.45) is 1.66. The predicted molar refractivity (Wildman–Crippen MR) is 162 cm³/mol. The van der Waals surface area contributed by atoms with Crippen molar-refractivity contribution in [2.24, 2.45) is 4.99 Å². The fourth-order valence-corrected chi connectivity index (χ4v) is 5.48. The third kappa shape index (κ3) is 5.39. The van der Waals surface area contributed by atoms with Crippen LogP contribution in [-0.2, 0) is 0 Å². The van der Waals surface area contributed by atoms with Gasteiger partial charge in [-0.2, -0.15) is 0 Å². The highest BCUT2D eigenvalue weighted by Gasteiger charge is 2.22. The summed E-state index contributed by atoms with van der Waals surface area (Å²) in [6, 6.07) is 19.2. The van der Waals surface area contributed by atoms with Gasteiger partial charge in [0.2, 0.25) is 5.88 Å². The molecule has 4 aromatic rings. The van der Waals surface area contributed by atoms with E-state index in [0.29, 0.717) is 28.0 Å². The number of carbonyl (C=O) groups excluding carboxylic acids is 1. The van der Waals surface area contributed by atoms with E-state index in [2.05, 4.69) is 31.2 Å². The number of anilines is 1. The van der Waals surface area contributed by atoms with Gasteiger partial charge in [-0.1, -0.05) is 41.9 Å². The number of amidine groups is 1. The highest BCUT2D eigenvalue weighted by molar-refractivity contribution is 6.36. The van der Waals surface area contributed by atoms with Crippen molar-refractivity contribution >= 4 is 29.0 Å². The third-order valence-corrected chi connectivity index (χ3v) is 7.71. The number of rotatable bonds is 7. The van der Waals surface area contributed by atoms with E-state index in [4.69, 9.17) is 21.3 Å². The Bertz CT molecular complexity index is 1630. The summed E-state index contributed by atoms with van der Waals surface area (Å²) in [7, 11) is 1.62. The average molecular weight is 568 g/mol. The molecule has 9 nitrogen and oxygen atoms in total. The minimum atomic E-state index is -0.291.